The number of carbonyl (C=O) groups is 1. The number of para-hydroxylation sites is 1. The average Bonchev–Trinajstić information content (AvgIpc) is 2.80. The minimum absolute atomic E-state index is 0.100. The lowest BCUT2D eigenvalue weighted by atomic mass is 10.0. The van der Waals surface area contributed by atoms with Gasteiger partial charge in [0.2, 0.25) is 0 Å². The molecule has 18 heavy (non-hydrogen) atoms. The van der Waals surface area contributed by atoms with Crippen molar-refractivity contribution < 1.29 is 4.79 Å². The molecule has 0 saturated heterocycles. The Kier molecular flexibility index (Phi) is 2.36. The summed E-state index contributed by atoms with van der Waals surface area (Å²) in [6.07, 6.45) is 0. The monoisotopic (exact) mass is 243 g/mol. The molecule has 0 saturated carbocycles. The zero-order valence-electron chi connectivity index (χ0n) is 10.2. The van der Waals surface area contributed by atoms with Gasteiger partial charge in [-0.15, -0.1) is 5.10 Å². The summed E-state index contributed by atoms with van der Waals surface area (Å²) in [5.74, 6) is 0.785. The molecule has 0 aliphatic carbocycles. The maximum absolute atomic E-state index is 12.2. The highest BCUT2D eigenvalue weighted by molar-refractivity contribution is 5.98. The smallest absolute Gasteiger partial charge is 0.254 e. The standard InChI is InChI=1S/C12H13N5O/c1-7(2)10-11-14-15-16-17(11)9-6-4-3-5-8(9)12(18)13-10/h3-7,10H,1-2H3,(H,13,18)/t10-/m0/s1. The minimum atomic E-state index is -0.181. The summed E-state index contributed by atoms with van der Waals surface area (Å²) in [6, 6.07) is 7.14. The molecule has 1 aliphatic heterocycles. The van der Waals surface area contributed by atoms with E-state index in [-0.39, 0.29) is 17.9 Å². The second-order valence-corrected chi connectivity index (χ2v) is 4.66. The Hall–Kier alpha value is -2.24. The van der Waals surface area contributed by atoms with E-state index in [0.29, 0.717) is 11.4 Å². The number of fused-ring (bicyclic) bond motifs is 3. The SMILES string of the molecule is CC(C)[C@@H]1NC(=O)c2ccccc2-n2nnnc21. The summed E-state index contributed by atoms with van der Waals surface area (Å²) in [5.41, 5.74) is 1.31. The van der Waals surface area contributed by atoms with Crippen LogP contribution in [-0.2, 0) is 0 Å². The molecule has 3 rings (SSSR count). The third-order valence-electron chi connectivity index (χ3n) is 3.10. The number of aromatic nitrogens is 4. The Balaban J connectivity index is 2.25. The van der Waals surface area contributed by atoms with Gasteiger partial charge in [0.15, 0.2) is 5.82 Å². The van der Waals surface area contributed by atoms with Gasteiger partial charge in [0, 0.05) is 0 Å². The fraction of sp³-hybridized carbons (Fsp3) is 0.333. The zero-order chi connectivity index (χ0) is 12.7. The zero-order valence-corrected chi connectivity index (χ0v) is 10.2. The number of benzene rings is 1. The molecule has 2 heterocycles. The van der Waals surface area contributed by atoms with Gasteiger partial charge in [0.05, 0.1) is 17.3 Å². The Morgan fingerprint density at radius 2 is 2.11 bits per heavy atom. The van der Waals surface area contributed by atoms with E-state index in [1.54, 1.807) is 10.7 Å². The van der Waals surface area contributed by atoms with E-state index in [1.165, 1.54) is 0 Å². The van der Waals surface area contributed by atoms with Crippen LogP contribution in [-0.4, -0.2) is 26.1 Å². The second-order valence-electron chi connectivity index (χ2n) is 4.66. The summed E-state index contributed by atoms with van der Waals surface area (Å²) in [7, 11) is 0. The molecule has 0 bridgehead atoms. The van der Waals surface area contributed by atoms with Crippen LogP contribution < -0.4 is 5.32 Å². The van der Waals surface area contributed by atoms with Crippen LogP contribution in [0.25, 0.3) is 5.69 Å². The molecule has 1 amide bonds. The third kappa shape index (κ3) is 1.49. The number of tetrazole rings is 1. The Bertz CT molecular complexity index is 604. The third-order valence-corrected chi connectivity index (χ3v) is 3.10. The van der Waals surface area contributed by atoms with Gasteiger partial charge in [-0.1, -0.05) is 26.0 Å². The van der Waals surface area contributed by atoms with Crippen LogP contribution in [0.3, 0.4) is 0 Å². The molecule has 0 spiro atoms. The molecule has 0 fully saturated rings. The van der Waals surface area contributed by atoms with Gasteiger partial charge in [0.1, 0.15) is 0 Å². The van der Waals surface area contributed by atoms with E-state index in [9.17, 15) is 4.79 Å². The fourth-order valence-corrected chi connectivity index (χ4v) is 2.16. The fourth-order valence-electron chi connectivity index (χ4n) is 2.16. The maximum Gasteiger partial charge on any atom is 0.254 e. The molecule has 6 heteroatoms. The lowest BCUT2D eigenvalue weighted by Gasteiger charge is -2.18. The Labute approximate surface area is 104 Å². The van der Waals surface area contributed by atoms with Crippen LogP contribution in [0.5, 0.6) is 0 Å². The molecule has 1 aliphatic rings. The number of rotatable bonds is 1. The van der Waals surface area contributed by atoms with Crippen molar-refractivity contribution in [1.82, 2.24) is 25.5 Å². The Morgan fingerprint density at radius 1 is 1.33 bits per heavy atom. The van der Waals surface area contributed by atoms with Gasteiger partial charge in [-0.05, 0) is 28.5 Å². The number of nitrogens with one attached hydrogen (secondary N) is 1. The van der Waals surface area contributed by atoms with Crippen molar-refractivity contribution in [2.45, 2.75) is 19.9 Å². The van der Waals surface area contributed by atoms with Crippen LogP contribution in [0.2, 0.25) is 0 Å². The van der Waals surface area contributed by atoms with E-state index in [0.717, 1.165) is 5.69 Å². The van der Waals surface area contributed by atoms with Crippen molar-refractivity contribution in [3.8, 4) is 5.69 Å². The van der Waals surface area contributed by atoms with Gasteiger partial charge in [0.25, 0.3) is 5.91 Å². The van der Waals surface area contributed by atoms with Crippen LogP contribution in [0.1, 0.15) is 36.1 Å². The molecule has 2 aromatic rings. The number of carbonyl (C=O) groups excluding carboxylic acids is 1. The molecule has 1 aromatic carbocycles. The molecule has 1 atom stereocenters. The topological polar surface area (TPSA) is 72.7 Å². The first-order valence-electron chi connectivity index (χ1n) is 5.87. The van der Waals surface area contributed by atoms with Gasteiger partial charge >= 0.3 is 0 Å². The van der Waals surface area contributed by atoms with Crippen molar-refractivity contribution >= 4 is 5.91 Å². The van der Waals surface area contributed by atoms with Gasteiger partial charge in [-0.3, -0.25) is 4.79 Å². The van der Waals surface area contributed by atoms with Crippen LogP contribution >= 0.6 is 0 Å². The number of hydrogen-bond acceptors (Lipinski definition) is 4. The van der Waals surface area contributed by atoms with Crippen LogP contribution in [0.4, 0.5) is 0 Å². The summed E-state index contributed by atoms with van der Waals surface area (Å²) in [4.78, 5) is 12.2. The van der Waals surface area contributed by atoms with E-state index in [4.69, 9.17) is 0 Å². The van der Waals surface area contributed by atoms with Crippen molar-refractivity contribution in [2.75, 3.05) is 0 Å². The van der Waals surface area contributed by atoms with Crippen molar-refractivity contribution in [2.24, 2.45) is 5.92 Å². The molecular formula is C12H13N5O. The number of hydrogen-bond donors (Lipinski definition) is 1. The summed E-state index contributed by atoms with van der Waals surface area (Å²) in [6.45, 7) is 4.06. The van der Waals surface area contributed by atoms with Gasteiger partial charge in [-0.25, -0.2) is 0 Å². The summed E-state index contributed by atoms with van der Waals surface area (Å²) < 4.78 is 1.64. The summed E-state index contributed by atoms with van der Waals surface area (Å²) >= 11 is 0. The highest BCUT2D eigenvalue weighted by Gasteiger charge is 2.30. The number of amides is 1. The lowest BCUT2D eigenvalue weighted by Crippen LogP contribution is -2.31. The molecule has 1 aromatic heterocycles. The summed E-state index contributed by atoms with van der Waals surface area (Å²) in [5, 5.41) is 14.7. The first-order valence-corrected chi connectivity index (χ1v) is 5.87. The quantitative estimate of drug-likeness (QED) is 0.814. The lowest BCUT2D eigenvalue weighted by molar-refractivity contribution is 0.0927. The van der Waals surface area contributed by atoms with Crippen molar-refractivity contribution in [3.63, 3.8) is 0 Å². The Morgan fingerprint density at radius 3 is 2.89 bits per heavy atom. The molecule has 0 unspecified atom stereocenters. The van der Waals surface area contributed by atoms with Gasteiger partial charge in [-0.2, -0.15) is 4.68 Å². The molecule has 1 N–H and O–H groups in total. The molecule has 6 nitrogen and oxygen atoms in total. The maximum atomic E-state index is 12.2. The van der Waals surface area contributed by atoms with Crippen molar-refractivity contribution in [1.29, 1.82) is 0 Å². The predicted octanol–water partition coefficient (Wildman–Crippen LogP) is 1.10. The van der Waals surface area contributed by atoms with E-state index < -0.39 is 0 Å². The molecular weight excluding hydrogens is 230 g/mol. The highest BCUT2D eigenvalue weighted by Crippen LogP contribution is 2.26. The minimum Gasteiger partial charge on any atom is -0.342 e. The number of nitrogens with zero attached hydrogens (tertiary/aromatic N) is 4. The molecule has 0 radical (unpaired) electrons. The molecule has 92 valence electrons. The van der Waals surface area contributed by atoms with E-state index >= 15 is 0 Å². The van der Waals surface area contributed by atoms with Crippen LogP contribution in [0, 0.1) is 5.92 Å². The predicted molar refractivity (Wildman–Crippen MR) is 64.2 cm³/mol. The van der Waals surface area contributed by atoms with Crippen LogP contribution in [0.15, 0.2) is 24.3 Å². The van der Waals surface area contributed by atoms with E-state index in [2.05, 4.69) is 20.8 Å². The largest absolute Gasteiger partial charge is 0.342 e. The first kappa shape index (κ1) is 10.9. The highest BCUT2D eigenvalue weighted by atomic mass is 16.1. The van der Waals surface area contributed by atoms with Crippen molar-refractivity contribution in [3.05, 3.63) is 35.7 Å². The van der Waals surface area contributed by atoms with Gasteiger partial charge < -0.3 is 5.32 Å². The van der Waals surface area contributed by atoms with E-state index in [1.807, 2.05) is 32.0 Å². The normalized spacial score (nSPS) is 17.9. The average molecular weight is 243 g/mol. The first-order chi connectivity index (χ1) is 8.68. The second kappa shape index (κ2) is 3.90.